The van der Waals surface area contributed by atoms with Crippen molar-refractivity contribution in [2.75, 3.05) is 53.5 Å². The summed E-state index contributed by atoms with van der Waals surface area (Å²) in [7, 11) is 6.19. The second kappa shape index (κ2) is 13.9. The molecule has 1 heterocycles. The zero-order valence-corrected chi connectivity index (χ0v) is 24.2. The van der Waals surface area contributed by atoms with Gasteiger partial charge in [-0.3, -0.25) is 4.79 Å². The van der Waals surface area contributed by atoms with Crippen LogP contribution in [0.1, 0.15) is 23.6 Å². The van der Waals surface area contributed by atoms with Gasteiger partial charge in [0, 0.05) is 36.2 Å². The Balaban J connectivity index is 1.67. The Morgan fingerprint density at radius 2 is 1.71 bits per heavy atom. The van der Waals surface area contributed by atoms with Gasteiger partial charge in [-0.2, -0.15) is 5.10 Å². The van der Waals surface area contributed by atoms with Crippen molar-refractivity contribution in [3.05, 3.63) is 82.9 Å². The lowest BCUT2D eigenvalue weighted by Crippen LogP contribution is -2.44. The molecule has 41 heavy (non-hydrogen) atoms. The van der Waals surface area contributed by atoms with Crippen molar-refractivity contribution >= 4 is 34.9 Å². The predicted octanol–water partition coefficient (Wildman–Crippen LogP) is 5.22. The van der Waals surface area contributed by atoms with E-state index in [1.165, 1.54) is 24.1 Å². The molecule has 0 bridgehead atoms. The largest absolute Gasteiger partial charge is 0.497 e. The minimum atomic E-state index is -0.527. The van der Waals surface area contributed by atoms with E-state index in [2.05, 4.69) is 5.32 Å². The van der Waals surface area contributed by atoms with Gasteiger partial charge in [-0.15, -0.1) is 0 Å². The number of hydrazone groups is 1. The van der Waals surface area contributed by atoms with E-state index in [1.807, 2.05) is 24.3 Å². The number of para-hydroxylation sites is 2. The number of halogens is 1. The highest BCUT2D eigenvalue weighted by Gasteiger charge is 2.36. The van der Waals surface area contributed by atoms with Crippen LogP contribution in [0.2, 0.25) is 5.02 Å². The molecule has 3 amide bonds. The molecule has 0 radical (unpaired) electrons. The standard InChI is InChI=1S/C30H33ClN4O6/c1-38-16-15-34(30(37)32-24-11-7-8-12-28(24)41-4)19-29(36)35-26(22-17-20(39-2)13-14-27(22)40-3)18-25(33-35)21-9-5-6-10-23(21)31/h5-14,17,26H,15-16,18-19H2,1-4H3,(H,32,37)/t26-/m1/s1. The number of nitrogens with zero attached hydrogens (tertiary/aromatic N) is 3. The average Bonchev–Trinajstić information content (AvgIpc) is 3.44. The van der Waals surface area contributed by atoms with Crippen LogP contribution in [0.25, 0.3) is 0 Å². The number of rotatable bonds is 11. The average molecular weight is 581 g/mol. The molecule has 3 aromatic carbocycles. The first-order chi connectivity index (χ1) is 19.9. The lowest BCUT2D eigenvalue weighted by molar-refractivity contribution is -0.133. The van der Waals surface area contributed by atoms with Gasteiger partial charge in [0.1, 0.15) is 23.8 Å². The molecule has 216 valence electrons. The number of ether oxygens (including phenoxy) is 4. The zero-order valence-electron chi connectivity index (χ0n) is 23.4. The van der Waals surface area contributed by atoms with E-state index in [1.54, 1.807) is 56.7 Å². The van der Waals surface area contributed by atoms with Gasteiger partial charge in [-0.1, -0.05) is 41.9 Å². The van der Waals surface area contributed by atoms with Gasteiger partial charge >= 0.3 is 6.03 Å². The number of urea groups is 1. The first kappa shape index (κ1) is 29.7. The molecular weight excluding hydrogens is 548 g/mol. The summed E-state index contributed by atoms with van der Waals surface area (Å²) in [5, 5.41) is 9.47. The summed E-state index contributed by atoms with van der Waals surface area (Å²) in [6, 6.07) is 18.8. The summed E-state index contributed by atoms with van der Waals surface area (Å²) in [6.45, 7) is 0.144. The van der Waals surface area contributed by atoms with Crippen LogP contribution in [0.15, 0.2) is 71.8 Å². The second-order valence-electron chi connectivity index (χ2n) is 9.14. The van der Waals surface area contributed by atoms with Crippen LogP contribution in [0.3, 0.4) is 0 Å². The minimum absolute atomic E-state index is 0.172. The van der Waals surface area contributed by atoms with Crippen LogP contribution in [0.4, 0.5) is 10.5 Å². The first-order valence-electron chi connectivity index (χ1n) is 12.9. The summed E-state index contributed by atoms with van der Waals surface area (Å²) in [6.07, 6.45) is 0.379. The lowest BCUT2D eigenvalue weighted by atomic mass is 9.97. The molecule has 0 saturated carbocycles. The van der Waals surface area contributed by atoms with Gasteiger partial charge in [0.25, 0.3) is 5.91 Å². The fraction of sp³-hybridized carbons (Fsp3) is 0.300. The van der Waals surface area contributed by atoms with Crippen molar-refractivity contribution in [3.8, 4) is 17.2 Å². The maximum Gasteiger partial charge on any atom is 0.322 e. The predicted molar refractivity (Wildman–Crippen MR) is 157 cm³/mol. The maximum atomic E-state index is 13.9. The molecule has 0 saturated heterocycles. The maximum absolute atomic E-state index is 13.9. The van der Waals surface area contributed by atoms with Gasteiger partial charge in [0.2, 0.25) is 0 Å². The molecule has 0 aliphatic carbocycles. The van der Waals surface area contributed by atoms with Crippen LogP contribution in [0.5, 0.6) is 17.2 Å². The third kappa shape index (κ3) is 6.90. The Morgan fingerprint density at radius 1 is 0.976 bits per heavy atom. The number of carbonyl (C=O) groups excluding carboxylic acids is 2. The highest BCUT2D eigenvalue weighted by molar-refractivity contribution is 6.34. The number of nitrogens with one attached hydrogen (secondary N) is 1. The van der Waals surface area contributed by atoms with Gasteiger partial charge < -0.3 is 29.2 Å². The monoisotopic (exact) mass is 580 g/mol. The fourth-order valence-electron chi connectivity index (χ4n) is 4.57. The third-order valence-electron chi connectivity index (χ3n) is 6.67. The summed E-state index contributed by atoms with van der Waals surface area (Å²) < 4.78 is 21.7. The molecule has 1 atom stereocenters. The molecule has 1 aliphatic rings. The number of hydrogen-bond acceptors (Lipinski definition) is 7. The number of carbonyl (C=O) groups is 2. The topological polar surface area (TPSA) is 102 Å². The summed E-state index contributed by atoms with van der Waals surface area (Å²) in [4.78, 5) is 28.6. The number of benzene rings is 3. The van der Waals surface area contributed by atoms with Gasteiger partial charge in [-0.05, 0) is 36.4 Å². The minimum Gasteiger partial charge on any atom is -0.497 e. The quantitative estimate of drug-likeness (QED) is 0.333. The Kier molecular flexibility index (Phi) is 10.0. The van der Waals surface area contributed by atoms with Crippen LogP contribution in [-0.2, 0) is 9.53 Å². The highest BCUT2D eigenvalue weighted by Crippen LogP contribution is 2.40. The molecule has 11 heteroatoms. The van der Waals surface area contributed by atoms with Crippen LogP contribution < -0.4 is 19.5 Å². The highest BCUT2D eigenvalue weighted by atomic mass is 35.5. The molecule has 0 unspecified atom stereocenters. The Morgan fingerprint density at radius 3 is 2.41 bits per heavy atom. The van der Waals surface area contributed by atoms with E-state index in [4.69, 9.17) is 35.6 Å². The lowest BCUT2D eigenvalue weighted by Gasteiger charge is -2.28. The summed E-state index contributed by atoms with van der Waals surface area (Å²) in [5.41, 5.74) is 2.56. The number of anilines is 1. The van der Waals surface area contributed by atoms with E-state index in [-0.39, 0.29) is 19.7 Å². The Labute approximate surface area is 244 Å². The van der Waals surface area contributed by atoms with Gasteiger partial charge in [0.15, 0.2) is 0 Å². The smallest absolute Gasteiger partial charge is 0.322 e. The summed E-state index contributed by atoms with van der Waals surface area (Å²) in [5.74, 6) is 1.29. The van der Waals surface area contributed by atoms with E-state index >= 15 is 0 Å². The fourth-order valence-corrected chi connectivity index (χ4v) is 4.82. The van der Waals surface area contributed by atoms with Crippen molar-refractivity contribution in [2.24, 2.45) is 5.10 Å². The molecule has 3 aromatic rings. The van der Waals surface area contributed by atoms with Crippen LogP contribution in [0, 0.1) is 0 Å². The third-order valence-corrected chi connectivity index (χ3v) is 7.00. The molecule has 1 N–H and O–H groups in total. The van der Waals surface area contributed by atoms with Crippen molar-refractivity contribution in [2.45, 2.75) is 12.5 Å². The molecular formula is C30H33ClN4O6. The number of amides is 3. The molecule has 0 aromatic heterocycles. The van der Waals surface area contributed by atoms with Crippen molar-refractivity contribution in [1.29, 1.82) is 0 Å². The summed E-state index contributed by atoms with van der Waals surface area (Å²) >= 11 is 6.50. The normalized spacial score (nSPS) is 14.3. The van der Waals surface area contributed by atoms with Gasteiger partial charge in [0.05, 0.1) is 45.4 Å². The molecule has 0 fully saturated rings. The first-order valence-corrected chi connectivity index (χ1v) is 13.3. The van der Waals surface area contributed by atoms with Crippen LogP contribution in [-0.4, -0.2) is 75.7 Å². The second-order valence-corrected chi connectivity index (χ2v) is 9.54. The number of methoxy groups -OCH3 is 4. The van der Waals surface area contributed by atoms with Crippen molar-refractivity contribution < 1.29 is 28.5 Å². The molecule has 0 spiro atoms. The van der Waals surface area contributed by atoms with Crippen molar-refractivity contribution in [3.63, 3.8) is 0 Å². The molecule has 4 rings (SSSR count). The zero-order chi connectivity index (χ0) is 29.4. The molecule has 10 nitrogen and oxygen atoms in total. The van der Waals surface area contributed by atoms with E-state index < -0.39 is 18.0 Å². The molecule has 1 aliphatic heterocycles. The van der Waals surface area contributed by atoms with Crippen LogP contribution >= 0.6 is 11.6 Å². The van der Waals surface area contributed by atoms with E-state index in [9.17, 15) is 9.59 Å². The van der Waals surface area contributed by atoms with E-state index in [0.717, 1.165) is 5.56 Å². The SMILES string of the molecule is COCCN(CC(=O)N1N=C(c2ccccc2Cl)C[C@@H]1c1cc(OC)ccc1OC)C(=O)Nc1ccccc1OC. The Bertz CT molecular complexity index is 1420. The van der Waals surface area contributed by atoms with Crippen molar-refractivity contribution in [1.82, 2.24) is 9.91 Å². The number of hydrogen-bond donors (Lipinski definition) is 1. The Hall–Kier alpha value is -4.28. The van der Waals surface area contributed by atoms with Gasteiger partial charge in [-0.25, -0.2) is 9.80 Å². The van der Waals surface area contributed by atoms with E-state index in [0.29, 0.717) is 45.7 Å².